The van der Waals surface area contributed by atoms with Crippen LogP contribution in [0.5, 0.6) is 0 Å². The number of imidazole rings is 1. The van der Waals surface area contributed by atoms with Crippen molar-refractivity contribution in [1.82, 2.24) is 9.55 Å². The molecule has 0 bridgehead atoms. The van der Waals surface area contributed by atoms with Gasteiger partial charge in [0.25, 0.3) is 0 Å². The minimum atomic E-state index is -0.303. The zero-order valence-electron chi connectivity index (χ0n) is 15.9. The summed E-state index contributed by atoms with van der Waals surface area (Å²) in [6.45, 7) is 9.25. The Balaban J connectivity index is 1.71. The van der Waals surface area contributed by atoms with Crippen LogP contribution in [0, 0.1) is 0 Å². The Kier molecular flexibility index (Phi) is 4.45. The average Bonchev–Trinajstić information content (AvgIpc) is 3.31. The highest BCUT2D eigenvalue weighted by Crippen LogP contribution is 2.29. The van der Waals surface area contributed by atoms with Crippen molar-refractivity contribution < 1.29 is 4.74 Å². The number of aromatic nitrogens is 2. The molecule has 1 aliphatic heterocycles. The molecule has 1 fully saturated rings. The topological polar surface area (TPSA) is 30.3 Å². The summed E-state index contributed by atoms with van der Waals surface area (Å²) in [6.07, 6.45) is 4.50. The van der Waals surface area contributed by atoms with E-state index < -0.39 is 0 Å². The first-order chi connectivity index (χ1) is 12.6. The Hall–Kier alpha value is -2.33. The molecule has 1 aromatic heterocycles. The van der Waals surface area contributed by atoms with E-state index in [-0.39, 0.29) is 5.60 Å². The number of ether oxygens (including phenoxy) is 1. The molecule has 0 radical (unpaired) electrons. The van der Waals surface area contributed by atoms with E-state index in [0.717, 1.165) is 35.4 Å². The van der Waals surface area contributed by atoms with Crippen molar-refractivity contribution in [2.24, 2.45) is 0 Å². The van der Waals surface area contributed by atoms with Crippen LogP contribution in [0.4, 0.5) is 5.69 Å². The lowest BCUT2D eigenvalue weighted by molar-refractivity contribution is -0.0139. The highest BCUT2D eigenvalue weighted by atomic mass is 16.5. The molecule has 4 nitrogen and oxygen atoms in total. The number of nitrogens with zero attached hydrogens (tertiary/aromatic N) is 3. The number of hydrogen-bond acceptors (Lipinski definition) is 3. The van der Waals surface area contributed by atoms with Crippen molar-refractivity contribution in [2.75, 3.05) is 24.6 Å². The zero-order chi connectivity index (χ0) is 18.1. The smallest absolute Gasteiger partial charge is 0.100 e. The van der Waals surface area contributed by atoms with Crippen molar-refractivity contribution in [1.29, 1.82) is 0 Å². The highest BCUT2D eigenvalue weighted by molar-refractivity contribution is 5.78. The third-order valence-electron chi connectivity index (χ3n) is 5.33. The minimum absolute atomic E-state index is 0.303. The molecule has 1 saturated heterocycles. The Morgan fingerprint density at radius 3 is 2.58 bits per heavy atom. The third-order valence-corrected chi connectivity index (χ3v) is 5.33. The van der Waals surface area contributed by atoms with E-state index in [9.17, 15) is 0 Å². The van der Waals surface area contributed by atoms with E-state index in [0.29, 0.717) is 6.61 Å². The normalized spacial score (nSPS) is 15.1. The fourth-order valence-corrected chi connectivity index (χ4v) is 3.85. The van der Waals surface area contributed by atoms with Gasteiger partial charge in [0.05, 0.1) is 16.6 Å². The van der Waals surface area contributed by atoms with Gasteiger partial charge < -0.3 is 9.64 Å². The molecule has 0 amide bonds. The molecule has 2 heterocycles. The van der Waals surface area contributed by atoms with Gasteiger partial charge in [-0.15, -0.1) is 0 Å². The van der Waals surface area contributed by atoms with Crippen molar-refractivity contribution in [3.8, 4) is 5.69 Å². The van der Waals surface area contributed by atoms with Crippen LogP contribution in [-0.4, -0.2) is 29.2 Å². The van der Waals surface area contributed by atoms with Crippen LogP contribution in [0.3, 0.4) is 0 Å². The molecule has 0 N–H and O–H groups in total. The minimum Gasteiger partial charge on any atom is -0.371 e. The van der Waals surface area contributed by atoms with Gasteiger partial charge in [0.15, 0.2) is 0 Å². The largest absolute Gasteiger partial charge is 0.371 e. The Morgan fingerprint density at radius 1 is 1.04 bits per heavy atom. The van der Waals surface area contributed by atoms with Crippen LogP contribution in [-0.2, 0) is 10.3 Å². The molecule has 1 aliphatic rings. The Labute approximate surface area is 155 Å². The summed E-state index contributed by atoms with van der Waals surface area (Å²) in [4.78, 5) is 7.11. The molecule has 0 saturated carbocycles. The highest BCUT2D eigenvalue weighted by Gasteiger charge is 2.21. The first-order valence-electron chi connectivity index (χ1n) is 9.55. The van der Waals surface area contributed by atoms with Gasteiger partial charge in [0.2, 0.25) is 0 Å². The monoisotopic (exact) mass is 349 g/mol. The Bertz CT molecular complexity index is 907. The fraction of sp³-hybridized carbons (Fsp3) is 0.409. The van der Waals surface area contributed by atoms with Crippen molar-refractivity contribution in [2.45, 2.75) is 39.2 Å². The Morgan fingerprint density at radius 2 is 1.81 bits per heavy atom. The SMILES string of the molecule is CCOC(C)(C)c1ccc2c(c1)ncn2-c1cccc(N2CCCC2)c1. The second kappa shape index (κ2) is 6.76. The van der Waals surface area contributed by atoms with Crippen LogP contribution in [0.2, 0.25) is 0 Å². The summed E-state index contributed by atoms with van der Waals surface area (Å²) < 4.78 is 8.06. The lowest BCUT2D eigenvalue weighted by atomic mass is 9.97. The maximum absolute atomic E-state index is 5.89. The molecule has 0 atom stereocenters. The van der Waals surface area contributed by atoms with Gasteiger partial charge in [-0.3, -0.25) is 4.57 Å². The van der Waals surface area contributed by atoms with Gasteiger partial charge in [-0.2, -0.15) is 0 Å². The molecule has 4 rings (SSSR count). The van der Waals surface area contributed by atoms with E-state index in [2.05, 4.69) is 70.8 Å². The van der Waals surface area contributed by atoms with Gasteiger partial charge in [0, 0.05) is 31.1 Å². The number of hydrogen-bond donors (Lipinski definition) is 0. The fourth-order valence-electron chi connectivity index (χ4n) is 3.85. The van der Waals surface area contributed by atoms with Gasteiger partial charge in [-0.25, -0.2) is 4.98 Å². The summed E-state index contributed by atoms with van der Waals surface area (Å²) in [6, 6.07) is 15.2. The molecule has 0 spiro atoms. The molecular formula is C22H27N3O. The molecule has 0 aliphatic carbocycles. The van der Waals surface area contributed by atoms with Crippen LogP contribution in [0.15, 0.2) is 48.8 Å². The molecular weight excluding hydrogens is 322 g/mol. The zero-order valence-corrected chi connectivity index (χ0v) is 15.9. The van der Waals surface area contributed by atoms with E-state index in [1.165, 1.54) is 18.5 Å². The van der Waals surface area contributed by atoms with E-state index >= 15 is 0 Å². The maximum Gasteiger partial charge on any atom is 0.100 e. The number of benzene rings is 2. The second-order valence-electron chi connectivity index (χ2n) is 7.48. The molecule has 4 heteroatoms. The van der Waals surface area contributed by atoms with Gasteiger partial charge in [-0.1, -0.05) is 12.1 Å². The third kappa shape index (κ3) is 3.10. The van der Waals surface area contributed by atoms with E-state index in [1.807, 2.05) is 13.3 Å². The number of rotatable bonds is 5. The lowest BCUT2D eigenvalue weighted by Gasteiger charge is -2.25. The average molecular weight is 349 g/mol. The molecule has 0 unspecified atom stereocenters. The van der Waals surface area contributed by atoms with Gasteiger partial charge in [-0.05, 0) is 69.5 Å². The van der Waals surface area contributed by atoms with Crippen molar-refractivity contribution in [3.05, 3.63) is 54.4 Å². The van der Waals surface area contributed by atoms with Crippen LogP contribution < -0.4 is 4.90 Å². The molecule has 3 aromatic rings. The first kappa shape index (κ1) is 17.1. The number of fused-ring (bicyclic) bond motifs is 1. The second-order valence-corrected chi connectivity index (χ2v) is 7.48. The van der Waals surface area contributed by atoms with Crippen molar-refractivity contribution in [3.63, 3.8) is 0 Å². The summed E-state index contributed by atoms with van der Waals surface area (Å²) >= 11 is 0. The summed E-state index contributed by atoms with van der Waals surface area (Å²) in [5.41, 5.74) is 5.44. The van der Waals surface area contributed by atoms with Crippen LogP contribution in [0.25, 0.3) is 16.7 Å². The summed E-state index contributed by atoms with van der Waals surface area (Å²) in [5.74, 6) is 0. The summed E-state index contributed by atoms with van der Waals surface area (Å²) in [5, 5.41) is 0. The van der Waals surface area contributed by atoms with E-state index in [1.54, 1.807) is 0 Å². The van der Waals surface area contributed by atoms with Crippen LogP contribution >= 0.6 is 0 Å². The predicted molar refractivity (Wildman–Crippen MR) is 107 cm³/mol. The lowest BCUT2D eigenvalue weighted by Crippen LogP contribution is -2.21. The maximum atomic E-state index is 5.89. The first-order valence-corrected chi connectivity index (χ1v) is 9.55. The molecule has 26 heavy (non-hydrogen) atoms. The van der Waals surface area contributed by atoms with Crippen LogP contribution in [0.1, 0.15) is 39.2 Å². The molecule has 136 valence electrons. The van der Waals surface area contributed by atoms with E-state index in [4.69, 9.17) is 4.74 Å². The summed E-state index contributed by atoms with van der Waals surface area (Å²) in [7, 11) is 0. The molecule has 2 aromatic carbocycles. The standard InChI is InChI=1S/C22H27N3O/c1-4-26-22(2,3)17-10-11-21-20(14-17)23-16-25(21)19-9-7-8-18(15-19)24-12-5-6-13-24/h7-11,14-16H,4-6,12-13H2,1-3H3. The number of anilines is 1. The van der Waals surface area contributed by atoms with Crippen molar-refractivity contribution >= 4 is 16.7 Å². The van der Waals surface area contributed by atoms with Gasteiger partial charge in [0.1, 0.15) is 6.33 Å². The predicted octanol–water partition coefficient (Wildman–Crippen LogP) is 4.90. The quantitative estimate of drug-likeness (QED) is 0.656. The van der Waals surface area contributed by atoms with Gasteiger partial charge >= 0.3 is 0 Å².